The molecular formula is C16H37IN4O2S. The zero-order chi connectivity index (χ0) is 17.7. The molecule has 24 heavy (non-hydrogen) atoms. The fraction of sp³-hybridized carbons (Fsp3) is 0.938. The van der Waals surface area contributed by atoms with E-state index >= 15 is 0 Å². The minimum Gasteiger partial charge on any atom is -0.357 e. The lowest BCUT2D eigenvalue weighted by atomic mass is 10.1. The summed E-state index contributed by atoms with van der Waals surface area (Å²) in [4.78, 5) is 4.51. The van der Waals surface area contributed by atoms with Gasteiger partial charge in [-0.1, -0.05) is 33.6 Å². The molecule has 2 N–H and O–H groups in total. The third-order valence-electron chi connectivity index (χ3n) is 3.50. The van der Waals surface area contributed by atoms with Crippen LogP contribution in [-0.4, -0.2) is 57.7 Å². The molecule has 0 heterocycles. The van der Waals surface area contributed by atoms with Gasteiger partial charge >= 0.3 is 0 Å². The smallest absolute Gasteiger partial charge is 0.211 e. The topological polar surface area (TPSA) is 73.8 Å². The Labute approximate surface area is 166 Å². The molecular weight excluding hydrogens is 439 g/mol. The van der Waals surface area contributed by atoms with Crippen LogP contribution < -0.4 is 10.6 Å². The summed E-state index contributed by atoms with van der Waals surface area (Å²) in [6.07, 6.45) is 5.60. The molecule has 0 radical (unpaired) electrons. The first kappa shape index (κ1) is 26.1. The van der Waals surface area contributed by atoms with Crippen LogP contribution in [0.1, 0.15) is 53.4 Å². The predicted octanol–water partition coefficient (Wildman–Crippen LogP) is 2.66. The zero-order valence-electron chi connectivity index (χ0n) is 16.0. The van der Waals surface area contributed by atoms with Crippen LogP contribution in [0, 0.1) is 5.92 Å². The van der Waals surface area contributed by atoms with Crippen LogP contribution in [0.4, 0.5) is 0 Å². The number of aliphatic imine (C=N–C) groups is 1. The number of unbranched alkanes of at least 4 members (excludes halogenated alkanes) is 1. The average molecular weight is 476 g/mol. The van der Waals surface area contributed by atoms with Gasteiger partial charge in [-0.25, -0.2) is 12.7 Å². The van der Waals surface area contributed by atoms with E-state index in [1.165, 1.54) is 23.4 Å². The standard InChI is InChI=1S/C16H36N4O2S.HI/c1-6-17-16(18-12-9-8-11-15(3)4)19-13-10-14-20(7-2)23(5,21)22;/h15H,6-14H2,1-5H3,(H2,17,18,19);1H. The highest BCUT2D eigenvalue weighted by Gasteiger charge is 2.12. The lowest BCUT2D eigenvalue weighted by Gasteiger charge is -2.17. The Morgan fingerprint density at radius 3 is 2.29 bits per heavy atom. The molecule has 0 spiro atoms. The number of sulfonamides is 1. The number of nitrogens with zero attached hydrogens (tertiary/aromatic N) is 2. The molecule has 0 aliphatic rings. The third-order valence-corrected chi connectivity index (χ3v) is 4.88. The van der Waals surface area contributed by atoms with Gasteiger partial charge in [-0.2, -0.15) is 0 Å². The molecule has 0 bridgehead atoms. The van der Waals surface area contributed by atoms with Gasteiger partial charge in [0.1, 0.15) is 0 Å². The normalized spacial score (nSPS) is 12.4. The van der Waals surface area contributed by atoms with Crippen LogP contribution in [0.2, 0.25) is 0 Å². The van der Waals surface area contributed by atoms with Crippen molar-refractivity contribution < 1.29 is 8.42 Å². The summed E-state index contributed by atoms with van der Waals surface area (Å²) in [5.74, 6) is 1.58. The van der Waals surface area contributed by atoms with Crippen LogP contribution in [-0.2, 0) is 10.0 Å². The van der Waals surface area contributed by atoms with Gasteiger partial charge in [0, 0.05) is 32.7 Å². The Morgan fingerprint density at radius 2 is 1.79 bits per heavy atom. The van der Waals surface area contributed by atoms with Crippen molar-refractivity contribution in [2.24, 2.45) is 10.9 Å². The highest BCUT2D eigenvalue weighted by molar-refractivity contribution is 14.0. The number of guanidine groups is 1. The fourth-order valence-corrected chi connectivity index (χ4v) is 3.15. The van der Waals surface area contributed by atoms with Crippen LogP contribution >= 0.6 is 24.0 Å². The second kappa shape index (κ2) is 15.2. The second-order valence-electron chi connectivity index (χ2n) is 6.19. The van der Waals surface area contributed by atoms with Crippen LogP contribution in [0.5, 0.6) is 0 Å². The van der Waals surface area contributed by atoms with Crippen molar-refractivity contribution in [2.75, 3.05) is 39.0 Å². The van der Waals surface area contributed by atoms with Gasteiger partial charge in [0.15, 0.2) is 5.96 Å². The summed E-state index contributed by atoms with van der Waals surface area (Å²) in [7, 11) is -3.10. The number of rotatable bonds is 12. The Bertz CT molecular complexity index is 428. The SMILES string of the molecule is CCNC(=NCCCN(CC)S(C)(=O)=O)NCCCCC(C)C.I. The van der Waals surface area contributed by atoms with Crippen molar-refractivity contribution in [2.45, 2.75) is 53.4 Å². The summed E-state index contributed by atoms with van der Waals surface area (Å²) < 4.78 is 24.5. The summed E-state index contributed by atoms with van der Waals surface area (Å²) in [5, 5.41) is 6.56. The van der Waals surface area contributed by atoms with Gasteiger partial charge in [0.25, 0.3) is 0 Å². The highest BCUT2D eigenvalue weighted by atomic mass is 127. The van der Waals surface area contributed by atoms with Crippen molar-refractivity contribution in [1.29, 1.82) is 0 Å². The Kier molecular flexibility index (Phi) is 16.5. The highest BCUT2D eigenvalue weighted by Crippen LogP contribution is 2.05. The summed E-state index contributed by atoms with van der Waals surface area (Å²) in [6, 6.07) is 0. The Hall–Kier alpha value is -0.0900. The zero-order valence-corrected chi connectivity index (χ0v) is 19.1. The maximum absolute atomic E-state index is 11.5. The van der Waals surface area contributed by atoms with Crippen molar-refractivity contribution in [3.63, 3.8) is 0 Å². The largest absolute Gasteiger partial charge is 0.357 e. The first-order valence-electron chi connectivity index (χ1n) is 8.78. The molecule has 8 heteroatoms. The van der Waals surface area contributed by atoms with E-state index in [2.05, 4.69) is 29.5 Å². The molecule has 0 saturated heterocycles. The van der Waals surface area contributed by atoms with E-state index in [0.29, 0.717) is 19.6 Å². The van der Waals surface area contributed by atoms with Crippen LogP contribution in [0.25, 0.3) is 0 Å². The molecule has 146 valence electrons. The van der Waals surface area contributed by atoms with Gasteiger partial charge in [0.2, 0.25) is 10.0 Å². The van der Waals surface area contributed by atoms with E-state index in [1.807, 2.05) is 13.8 Å². The maximum atomic E-state index is 11.5. The molecule has 0 fully saturated rings. The average Bonchev–Trinajstić information content (AvgIpc) is 2.44. The number of hydrogen-bond donors (Lipinski definition) is 2. The van der Waals surface area contributed by atoms with Gasteiger partial charge in [-0.3, -0.25) is 4.99 Å². The molecule has 0 saturated carbocycles. The summed E-state index contributed by atoms with van der Waals surface area (Å²) >= 11 is 0. The van der Waals surface area contributed by atoms with Crippen molar-refractivity contribution in [3.05, 3.63) is 0 Å². The third kappa shape index (κ3) is 14.3. The number of halogens is 1. The lowest BCUT2D eigenvalue weighted by molar-refractivity contribution is 0.427. The molecule has 0 atom stereocenters. The lowest BCUT2D eigenvalue weighted by Crippen LogP contribution is -2.38. The van der Waals surface area contributed by atoms with E-state index in [9.17, 15) is 8.42 Å². The van der Waals surface area contributed by atoms with Crippen LogP contribution in [0.3, 0.4) is 0 Å². The molecule has 0 aromatic rings. The Balaban J connectivity index is 0. The molecule has 0 unspecified atom stereocenters. The summed E-state index contributed by atoms with van der Waals surface area (Å²) in [6.45, 7) is 11.8. The van der Waals surface area contributed by atoms with Crippen LogP contribution in [0.15, 0.2) is 4.99 Å². The fourth-order valence-electron chi connectivity index (χ4n) is 2.22. The van der Waals surface area contributed by atoms with E-state index < -0.39 is 10.0 Å². The van der Waals surface area contributed by atoms with Crippen molar-refractivity contribution in [3.8, 4) is 0 Å². The monoisotopic (exact) mass is 476 g/mol. The maximum Gasteiger partial charge on any atom is 0.211 e. The first-order chi connectivity index (χ1) is 10.8. The van der Waals surface area contributed by atoms with Gasteiger partial charge in [-0.15, -0.1) is 24.0 Å². The van der Waals surface area contributed by atoms with E-state index in [1.54, 1.807) is 0 Å². The minimum absolute atomic E-state index is 0. The second-order valence-corrected chi connectivity index (χ2v) is 8.17. The van der Waals surface area contributed by atoms with Crippen molar-refractivity contribution >= 4 is 40.0 Å². The predicted molar refractivity (Wildman–Crippen MR) is 115 cm³/mol. The molecule has 6 nitrogen and oxygen atoms in total. The van der Waals surface area contributed by atoms with E-state index in [0.717, 1.165) is 37.8 Å². The molecule has 0 amide bonds. The quantitative estimate of drug-likeness (QED) is 0.197. The molecule has 0 rings (SSSR count). The Morgan fingerprint density at radius 1 is 1.12 bits per heavy atom. The molecule has 0 aromatic heterocycles. The van der Waals surface area contributed by atoms with Gasteiger partial charge < -0.3 is 10.6 Å². The molecule has 0 aliphatic heterocycles. The minimum atomic E-state index is -3.10. The molecule has 0 aromatic carbocycles. The van der Waals surface area contributed by atoms with Crippen molar-refractivity contribution in [1.82, 2.24) is 14.9 Å². The van der Waals surface area contributed by atoms with Gasteiger partial charge in [-0.05, 0) is 25.7 Å². The number of nitrogens with one attached hydrogen (secondary N) is 2. The molecule has 0 aliphatic carbocycles. The number of hydrogen-bond acceptors (Lipinski definition) is 3. The first-order valence-corrected chi connectivity index (χ1v) is 10.6. The van der Waals surface area contributed by atoms with E-state index in [-0.39, 0.29) is 24.0 Å². The summed E-state index contributed by atoms with van der Waals surface area (Å²) in [5.41, 5.74) is 0. The van der Waals surface area contributed by atoms with Gasteiger partial charge in [0.05, 0.1) is 6.26 Å². The van der Waals surface area contributed by atoms with E-state index in [4.69, 9.17) is 0 Å².